The van der Waals surface area contributed by atoms with Gasteiger partial charge in [-0.2, -0.15) is 0 Å². The number of nitrogens with zero attached hydrogens (tertiary/aromatic N) is 1. The molecule has 0 saturated heterocycles. The first-order chi connectivity index (χ1) is 18.1. The summed E-state index contributed by atoms with van der Waals surface area (Å²) in [5, 5.41) is 2.78. The molecule has 3 aromatic rings. The van der Waals surface area contributed by atoms with Gasteiger partial charge in [0.15, 0.2) is 0 Å². The van der Waals surface area contributed by atoms with Crippen LogP contribution in [0.3, 0.4) is 0 Å². The number of ether oxygens (including phenoxy) is 2. The Bertz CT molecular complexity index is 1360. The molecule has 0 fully saturated rings. The van der Waals surface area contributed by atoms with Crippen LogP contribution in [-0.2, 0) is 10.7 Å². The van der Waals surface area contributed by atoms with Gasteiger partial charge in [-0.1, -0.05) is 18.2 Å². The summed E-state index contributed by atoms with van der Waals surface area (Å²) in [6.45, 7) is 0.706. The number of rotatable bonds is 7. The van der Waals surface area contributed by atoms with Crippen LogP contribution in [0.4, 0.5) is 46.5 Å². The van der Waals surface area contributed by atoms with Crippen LogP contribution in [0.5, 0.6) is 11.5 Å². The minimum absolute atomic E-state index is 0.0474. The van der Waals surface area contributed by atoms with Crippen LogP contribution in [0.1, 0.15) is 24.1 Å². The first-order valence-electron chi connectivity index (χ1n) is 11.1. The highest BCUT2D eigenvalue weighted by atomic mass is 19.4. The van der Waals surface area contributed by atoms with Crippen LogP contribution in [0.2, 0.25) is 0 Å². The van der Waals surface area contributed by atoms with Gasteiger partial charge in [0.2, 0.25) is 0 Å². The lowest BCUT2D eigenvalue weighted by atomic mass is 10.0. The van der Waals surface area contributed by atoms with Gasteiger partial charge in [-0.3, -0.25) is 9.69 Å². The standard InChI is InChI=1S/C26H18F8N2O3/c1-24(27,28)16-4-2-3-15(13-16)22-14-21(35-17-5-9-19(10-6-17)38-25(29,30)31)23(37)36(22)18-7-11-20(12-8-18)39-26(32,33)34/h2-14,22,35H,1H3. The number of carbonyl (C=O) groups is 1. The fourth-order valence-electron chi connectivity index (χ4n) is 3.88. The maximum Gasteiger partial charge on any atom is 0.573 e. The van der Waals surface area contributed by atoms with Crippen molar-refractivity contribution in [1.29, 1.82) is 0 Å². The molecule has 13 heteroatoms. The summed E-state index contributed by atoms with van der Waals surface area (Å²) in [4.78, 5) is 14.6. The van der Waals surface area contributed by atoms with Crippen molar-refractivity contribution in [2.24, 2.45) is 0 Å². The van der Waals surface area contributed by atoms with E-state index in [0.29, 0.717) is 6.92 Å². The fourth-order valence-corrected chi connectivity index (χ4v) is 3.88. The summed E-state index contributed by atoms with van der Waals surface area (Å²) in [5.74, 6) is -4.88. The van der Waals surface area contributed by atoms with E-state index in [4.69, 9.17) is 0 Å². The lowest BCUT2D eigenvalue weighted by molar-refractivity contribution is -0.275. The quantitative estimate of drug-likeness (QED) is 0.302. The van der Waals surface area contributed by atoms with E-state index in [2.05, 4.69) is 14.8 Å². The summed E-state index contributed by atoms with van der Waals surface area (Å²) >= 11 is 0. The second-order valence-corrected chi connectivity index (χ2v) is 8.45. The second-order valence-electron chi connectivity index (χ2n) is 8.45. The number of benzene rings is 3. The first kappa shape index (κ1) is 27.7. The lowest BCUT2D eigenvalue weighted by Crippen LogP contribution is -2.31. The third-order valence-electron chi connectivity index (χ3n) is 5.50. The Morgan fingerprint density at radius 1 is 0.769 bits per heavy atom. The van der Waals surface area contributed by atoms with Crippen molar-refractivity contribution in [3.05, 3.63) is 95.7 Å². The number of carbonyl (C=O) groups excluding carboxylic acids is 1. The molecule has 0 radical (unpaired) electrons. The van der Waals surface area contributed by atoms with Crippen LogP contribution in [0, 0.1) is 0 Å². The Hall–Kier alpha value is -4.29. The Labute approximate surface area is 216 Å². The molecule has 206 valence electrons. The summed E-state index contributed by atoms with van der Waals surface area (Å²) < 4.78 is 111. The topological polar surface area (TPSA) is 50.8 Å². The van der Waals surface area contributed by atoms with Crippen molar-refractivity contribution < 1.29 is 49.4 Å². The van der Waals surface area contributed by atoms with Crippen molar-refractivity contribution in [3.63, 3.8) is 0 Å². The highest BCUT2D eigenvalue weighted by Crippen LogP contribution is 2.39. The molecule has 0 aliphatic carbocycles. The molecule has 0 aromatic heterocycles. The molecule has 0 spiro atoms. The van der Waals surface area contributed by atoms with Gasteiger partial charge in [0.1, 0.15) is 17.2 Å². The number of hydrogen-bond donors (Lipinski definition) is 1. The highest BCUT2D eigenvalue weighted by Gasteiger charge is 2.37. The molecule has 0 saturated carbocycles. The number of alkyl halides is 8. The van der Waals surface area contributed by atoms with Crippen LogP contribution < -0.4 is 19.7 Å². The van der Waals surface area contributed by atoms with Crippen LogP contribution in [0.25, 0.3) is 0 Å². The molecule has 1 heterocycles. The SMILES string of the molecule is CC(F)(F)c1cccc(C2C=C(Nc3ccc(OC(F)(F)F)cc3)C(=O)N2c2ccc(OC(F)(F)F)cc2)c1. The second kappa shape index (κ2) is 10.1. The number of hydrogen-bond acceptors (Lipinski definition) is 4. The Morgan fingerprint density at radius 3 is 1.82 bits per heavy atom. The van der Waals surface area contributed by atoms with E-state index in [1.165, 1.54) is 59.5 Å². The predicted octanol–water partition coefficient (Wildman–Crippen LogP) is 7.68. The third kappa shape index (κ3) is 6.98. The van der Waals surface area contributed by atoms with E-state index in [1.54, 1.807) is 0 Å². The Balaban J connectivity index is 1.67. The summed E-state index contributed by atoms with van der Waals surface area (Å²) in [6, 6.07) is 13.2. The number of amides is 1. The van der Waals surface area contributed by atoms with E-state index >= 15 is 0 Å². The number of nitrogens with one attached hydrogen (secondary N) is 1. The maximum atomic E-state index is 14.0. The van der Waals surface area contributed by atoms with Crippen molar-refractivity contribution in [2.45, 2.75) is 31.6 Å². The molecule has 1 unspecified atom stereocenters. The van der Waals surface area contributed by atoms with Gasteiger partial charge in [-0.05, 0) is 66.2 Å². The Morgan fingerprint density at radius 2 is 1.31 bits per heavy atom. The molecule has 3 aromatic carbocycles. The van der Waals surface area contributed by atoms with Gasteiger partial charge in [-0.15, -0.1) is 26.3 Å². The van der Waals surface area contributed by atoms with Gasteiger partial charge < -0.3 is 14.8 Å². The normalized spacial score (nSPS) is 16.2. The van der Waals surface area contributed by atoms with Crippen molar-refractivity contribution in [3.8, 4) is 11.5 Å². The lowest BCUT2D eigenvalue weighted by Gasteiger charge is -2.26. The molecule has 1 N–H and O–H groups in total. The van der Waals surface area contributed by atoms with Gasteiger partial charge in [-0.25, -0.2) is 8.78 Å². The average Bonchev–Trinajstić information content (AvgIpc) is 3.14. The number of anilines is 2. The van der Waals surface area contributed by atoms with Crippen LogP contribution in [0.15, 0.2) is 84.6 Å². The number of halogens is 8. The molecule has 4 rings (SSSR count). The van der Waals surface area contributed by atoms with E-state index in [0.717, 1.165) is 24.3 Å². The minimum Gasteiger partial charge on any atom is -0.406 e. The summed E-state index contributed by atoms with van der Waals surface area (Å²) in [7, 11) is 0. The van der Waals surface area contributed by atoms with E-state index in [9.17, 15) is 39.9 Å². The smallest absolute Gasteiger partial charge is 0.406 e. The zero-order valence-corrected chi connectivity index (χ0v) is 19.8. The third-order valence-corrected chi connectivity index (χ3v) is 5.50. The largest absolute Gasteiger partial charge is 0.573 e. The molecule has 5 nitrogen and oxygen atoms in total. The summed E-state index contributed by atoms with van der Waals surface area (Å²) in [5.41, 5.74) is 0.261. The van der Waals surface area contributed by atoms with Crippen molar-refractivity contribution in [1.82, 2.24) is 0 Å². The molecule has 0 bridgehead atoms. The van der Waals surface area contributed by atoms with E-state index in [-0.39, 0.29) is 28.2 Å². The van der Waals surface area contributed by atoms with Crippen LogP contribution >= 0.6 is 0 Å². The molecular weight excluding hydrogens is 540 g/mol. The summed E-state index contributed by atoms with van der Waals surface area (Å²) in [6.07, 6.45) is -8.41. The molecule has 1 amide bonds. The zero-order chi connectivity index (χ0) is 28.6. The average molecular weight is 558 g/mol. The first-order valence-corrected chi connectivity index (χ1v) is 11.1. The van der Waals surface area contributed by atoms with Crippen molar-refractivity contribution >= 4 is 17.3 Å². The molecule has 1 aliphatic rings. The van der Waals surface area contributed by atoms with E-state index in [1.807, 2.05) is 0 Å². The van der Waals surface area contributed by atoms with Crippen LogP contribution in [-0.4, -0.2) is 18.6 Å². The minimum atomic E-state index is -4.93. The van der Waals surface area contributed by atoms with Gasteiger partial charge >= 0.3 is 12.7 Å². The molecule has 39 heavy (non-hydrogen) atoms. The highest BCUT2D eigenvalue weighted by molar-refractivity contribution is 6.11. The molecule has 1 atom stereocenters. The monoisotopic (exact) mass is 558 g/mol. The Kier molecular flexibility index (Phi) is 7.19. The van der Waals surface area contributed by atoms with Gasteiger partial charge in [0, 0.05) is 23.9 Å². The zero-order valence-electron chi connectivity index (χ0n) is 19.8. The predicted molar refractivity (Wildman–Crippen MR) is 124 cm³/mol. The van der Waals surface area contributed by atoms with Gasteiger partial charge in [0.05, 0.1) is 6.04 Å². The molecular formula is C26H18F8N2O3. The maximum absolute atomic E-state index is 14.0. The van der Waals surface area contributed by atoms with E-state index < -0.39 is 42.1 Å². The fraction of sp³-hybridized carbons (Fsp3) is 0.192. The van der Waals surface area contributed by atoms with Crippen molar-refractivity contribution in [2.75, 3.05) is 10.2 Å². The molecule has 1 aliphatic heterocycles. The van der Waals surface area contributed by atoms with Gasteiger partial charge in [0.25, 0.3) is 11.8 Å².